The molecule has 0 aliphatic heterocycles. The highest BCUT2D eigenvalue weighted by molar-refractivity contribution is 7.95. The third kappa shape index (κ3) is 3.56. The van der Waals surface area contributed by atoms with Crippen molar-refractivity contribution in [1.29, 1.82) is 5.26 Å². The molecule has 0 saturated heterocycles. The van der Waals surface area contributed by atoms with Crippen LogP contribution >= 0.6 is 11.6 Å². The Morgan fingerprint density at radius 1 is 0.931 bits per heavy atom. The second kappa shape index (κ2) is 7.59. The number of sulfone groups is 1. The molecule has 4 nitrogen and oxygen atoms in total. The molecule has 0 unspecified atom stereocenters. The van der Waals surface area contributed by atoms with Crippen molar-refractivity contribution in [3.63, 3.8) is 0 Å². The molecule has 1 aromatic heterocycles. The number of nitrogens with one attached hydrogen (secondary N) is 1. The van der Waals surface area contributed by atoms with Gasteiger partial charge in [0.15, 0.2) is 0 Å². The van der Waals surface area contributed by atoms with Crippen LogP contribution in [0.25, 0.3) is 28.2 Å². The third-order valence-electron chi connectivity index (χ3n) is 4.61. The summed E-state index contributed by atoms with van der Waals surface area (Å²) < 4.78 is 26.1. The van der Waals surface area contributed by atoms with Crippen LogP contribution in [0.3, 0.4) is 0 Å². The van der Waals surface area contributed by atoms with Crippen molar-refractivity contribution >= 4 is 38.4 Å². The van der Waals surface area contributed by atoms with Crippen molar-refractivity contribution in [3.05, 3.63) is 94.4 Å². The largest absolute Gasteiger partial charge is 0.354 e. The van der Waals surface area contributed by atoms with Crippen molar-refractivity contribution < 1.29 is 8.42 Å². The first-order valence-corrected chi connectivity index (χ1v) is 10.7. The van der Waals surface area contributed by atoms with Crippen molar-refractivity contribution in [3.8, 4) is 17.3 Å². The average molecular weight is 419 g/mol. The van der Waals surface area contributed by atoms with Gasteiger partial charge in [-0.05, 0) is 42.0 Å². The lowest BCUT2D eigenvalue weighted by Crippen LogP contribution is -2.03. The van der Waals surface area contributed by atoms with Gasteiger partial charge in [-0.3, -0.25) is 0 Å². The van der Waals surface area contributed by atoms with Crippen LogP contribution in [0, 0.1) is 11.3 Å². The number of halogens is 1. The third-order valence-corrected chi connectivity index (χ3v) is 6.54. The van der Waals surface area contributed by atoms with E-state index in [0.29, 0.717) is 10.6 Å². The molecule has 3 aromatic carbocycles. The van der Waals surface area contributed by atoms with Gasteiger partial charge in [-0.1, -0.05) is 60.1 Å². The molecule has 1 heterocycles. The minimum absolute atomic E-state index is 0.0239. The molecule has 0 atom stereocenters. The Labute approximate surface area is 173 Å². The summed E-state index contributed by atoms with van der Waals surface area (Å²) in [4.78, 5) is 3.03. The SMILES string of the molecule is N#CC(=Cc1c(-c2ccccc2)[nH]c2ccccc12)S(=O)(=O)c1ccc(Cl)cc1. The number of fused-ring (bicyclic) bond motifs is 1. The summed E-state index contributed by atoms with van der Waals surface area (Å²) in [6.45, 7) is 0. The summed E-state index contributed by atoms with van der Waals surface area (Å²) in [5.74, 6) is 0. The fraction of sp³-hybridized carbons (Fsp3) is 0. The second-order valence-corrected chi connectivity index (χ2v) is 8.76. The molecule has 142 valence electrons. The quantitative estimate of drug-likeness (QED) is 0.424. The van der Waals surface area contributed by atoms with E-state index in [1.54, 1.807) is 0 Å². The van der Waals surface area contributed by atoms with Crippen molar-refractivity contribution in [2.45, 2.75) is 4.90 Å². The van der Waals surface area contributed by atoms with E-state index in [-0.39, 0.29) is 9.80 Å². The summed E-state index contributed by atoms with van der Waals surface area (Å²) in [7, 11) is -3.98. The summed E-state index contributed by atoms with van der Waals surface area (Å²) in [6, 6.07) is 24.8. The Hall–Kier alpha value is -3.33. The molecule has 0 aliphatic rings. The fourth-order valence-corrected chi connectivity index (χ4v) is 4.46. The minimum atomic E-state index is -3.98. The number of hydrogen-bond donors (Lipinski definition) is 1. The zero-order valence-corrected chi connectivity index (χ0v) is 16.7. The van der Waals surface area contributed by atoms with Gasteiger partial charge in [-0.15, -0.1) is 0 Å². The maximum absolute atomic E-state index is 13.0. The minimum Gasteiger partial charge on any atom is -0.354 e. The van der Waals surface area contributed by atoms with Gasteiger partial charge in [0.1, 0.15) is 11.0 Å². The molecule has 4 aromatic rings. The van der Waals surface area contributed by atoms with Gasteiger partial charge in [-0.25, -0.2) is 8.42 Å². The van der Waals surface area contributed by atoms with E-state index in [1.165, 1.54) is 30.3 Å². The van der Waals surface area contributed by atoms with Crippen molar-refractivity contribution in [2.75, 3.05) is 0 Å². The van der Waals surface area contributed by atoms with Gasteiger partial charge in [0.2, 0.25) is 9.84 Å². The van der Waals surface area contributed by atoms with Crippen molar-refractivity contribution in [2.24, 2.45) is 0 Å². The van der Waals surface area contributed by atoms with Crippen molar-refractivity contribution in [1.82, 2.24) is 4.98 Å². The van der Waals surface area contributed by atoms with E-state index >= 15 is 0 Å². The number of H-pyrrole nitrogens is 1. The van der Waals surface area contributed by atoms with Crippen LogP contribution in [0.15, 0.2) is 88.7 Å². The number of nitrogens with zero attached hydrogens (tertiary/aromatic N) is 1. The number of para-hydroxylation sites is 1. The summed E-state index contributed by atoms with van der Waals surface area (Å²) in [5.41, 5.74) is 3.17. The van der Waals surface area contributed by atoms with Crippen LogP contribution in [0.1, 0.15) is 5.56 Å². The highest BCUT2D eigenvalue weighted by Crippen LogP contribution is 2.33. The molecule has 6 heteroatoms. The van der Waals surface area contributed by atoms with Crippen LogP contribution < -0.4 is 0 Å². The predicted molar refractivity (Wildman–Crippen MR) is 116 cm³/mol. The Morgan fingerprint density at radius 3 is 2.28 bits per heavy atom. The number of aromatic nitrogens is 1. The molecular weight excluding hydrogens is 404 g/mol. The topological polar surface area (TPSA) is 73.7 Å². The molecular formula is C23H15ClN2O2S. The Morgan fingerprint density at radius 2 is 1.59 bits per heavy atom. The van der Waals surface area contributed by atoms with Crippen LogP contribution in [-0.4, -0.2) is 13.4 Å². The smallest absolute Gasteiger partial charge is 0.216 e. The van der Waals surface area contributed by atoms with E-state index in [2.05, 4.69) is 4.98 Å². The summed E-state index contributed by atoms with van der Waals surface area (Å²) >= 11 is 5.87. The lowest BCUT2D eigenvalue weighted by atomic mass is 10.0. The molecule has 0 bridgehead atoms. The molecule has 1 N–H and O–H groups in total. The Kier molecular flexibility index (Phi) is 4.98. The summed E-state index contributed by atoms with van der Waals surface area (Å²) in [6.07, 6.45) is 1.44. The molecule has 0 fully saturated rings. The molecule has 0 radical (unpaired) electrons. The average Bonchev–Trinajstić information content (AvgIpc) is 3.11. The normalized spacial score (nSPS) is 12.1. The molecule has 4 rings (SSSR count). The number of allylic oxidation sites excluding steroid dienone is 1. The maximum Gasteiger partial charge on any atom is 0.216 e. The Balaban J connectivity index is 1.95. The van der Waals surface area contributed by atoms with E-state index in [0.717, 1.165) is 22.2 Å². The van der Waals surface area contributed by atoms with E-state index in [1.807, 2.05) is 60.7 Å². The highest BCUT2D eigenvalue weighted by Gasteiger charge is 2.22. The lowest BCUT2D eigenvalue weighted by Gasteiger charge is -2.05. The molecule has 0 saturated carbocycles. The van der Waals surface area contributed by atoms with Gasteiger partial charge in [-0.2, -0.15) is 5.26 Å². The van der Waals surface area contributed by atoms with Gasteiger partial charge in [0.25, 0.3) is 0 Å². The predicted octanol–water partition coefficient (Wildman–Crippen LogP) is 5.83. The summed E-state index contributed by atoms with van der Waals surface area (Å²) in [5, 5.41) is 10.9. The number of benzene rings is 3. The van der Waals surface area contributed by atoms with Crippen LogP contribution in [0.2, 0.25) is 5.02 Å². The first-order valence-electron chi connectivity index (χ1n) is 8.79. The fourth-order valence-electron chi connectivity index (χ4n) is 3.19. The Bertz CT molecular complexity index is 1360. The van der Waals surface area contributed by atoms with Crippen LogP contribution in [0.5, 0.6) is 0 Å². The zero-order chi connectivity index (χ0) is 20.4. The second-order valence-electron chi connectivity index (χ2n) is 6.40. The van der Waals surface area contributed by atoms with Crippen LogP contribution in [-0.2, 0) is 9.84 Å². The highest BCUT2D eigenvalue weighted by atomic mass is 35.5. The maximum atomic E-state index is 13.0. The number of aromatic amines is 1. The number of rotatable bonds is 4. The first-order chi connectivity index (χ1) is 14.0. The standard InChI is InChI=1S/C23H15ClN2O2S/c24-17-10-12-18(13-11-17)29(27,28)19(15-25)14-21-20-8-4-5-9-22(20)26-23(21)16-6-2-1-3-7-16/h1-14,26H. The monoisotopic (exact) mass is 418 g/mol. The molecule has 0 amide bonds. The van der Waals surface area contributed by atoms with Gasteiger partial charge in [0, 0.05) is 21.5 Å². The molecule has 0 spiro atoms. The van der Waals surface area contributed by atoms with Gasteiger partial charge in [0.05, 0.1) is 10.6 Å². The first kappa shape index (κ1) is 19.0. The zero-order valence-electron chi connectivity index (χ0n) is 15.1. The molecule has 29 heavy (non-hydrogen) atoms. The number of nitriles is 1. The molecule has 0 aliphatic carbocycles. The lowest BCUT2D eigenvalue weighted by molar-refractivity contribution is 0.603. The van der Waals surface area contributed by atoms with E-state index in [9.17, 15) is 13.7 Å². The number of hydrogen-bond acceptors (Lipinski definition) is 3. The van der Waals surface area contributed by atoms with Gasteiger partial charge >= 0.3 is 0 Å². The van der Waals surface area contributed by atoms with Gasteiger partial charge < -0.3 is 4.98 Å². The van der Waals surface area contributed by atoms with Crippen LogP contribution in [0.4, 0.5) is 0 Å². The van der Waals surface area contributed by atoms with E-state index in [4.69, 9.17) is 11.6 Å². The van der Waals surface area contributed by atoms with E-state index < -0.39 is 9.84 Å².